The first-order chi connectivity index (χ1) is 18.4. The van der Waals surface area contributed by atoms with Crippen LogP contribution in [-0.2, 0) is 15.0 Å². The Labute approximate surface area is 231 Å². The Morgan fingerprint density at radius 3 is 2.15 bits per heavy atom. The molecule has 6 nitrogen and oxygen atoms in total. The maximum Gasteiger partial charge on any atom is 0.300 e. The number of hydrogen-bond donors (Lipinski definition) is 1. The fraction of sp³-hybridized carbons (Fsp3) is 0.333. The summed E-state index contributed by atoms with van der Waals surface area (Å²) in [5.41, 5.74) is 4.77. The highest BCUT2D eigenvalue weighted by Gasteiger charge is 2.47. The number of anilines is 2. The summed E-state index contributed by atoms with van der Waals surface area (Å²) in [5, 5.41) is 11.5. The van der Waals surface area contributed by atoms with E-state index in [1.165, 1.54) is 4.90 Å². The van der Waals surface area contributed by atoms with Gasteiger partial charge in [-0.1, -0.05) is 52.0 Å². The van der Waals surface area contributed by atoms with E-state index >= 15 is 0 Å². The van der Waals surface area contributed by atoms with Crippen molar-refractivity contribution >= 4 is 28.8 Å². The van der Waals surface area contributed by atoms with Crippen LogP contribution >= 0.6 is 0 Å². The molecule has 0 bridgehead atoms. The SMILES string of the molecule is CCCOc1ccc(/C(O)=C2/C(=O)C(=O)N(c3ccc(C(C)(C)C)cc3)C2c2ccc(N(C)C)cc2)cc1C. The first kappa shape index (κ1) is 28.0. The number of Topliss-reactive ketones (excluding diaryl/α,β-unsaturated/α-hetero) is 1. The molecule has 1 aliphatic heterocycles. The molecule has 1 amide bonds. The number of ketones is 1. The maximum absolute atomic E-state index is 13.5. The van der Waals surface area contributed by atoms with Gasteiger partial charge in [0.1, 0.15) is 11.5 Å². The van der Waals surface area contributed by atoms with Crippen LogP contribution < -0.4 is 14.5 Å². The van der Waals surface area contributed by atoms with Crippen molar-refractivity contribution < 1.29 is 19.4 Å². The van der Waals surface area contributed by atoms with Crippen LogP contribution in [0.4, 0.5) is 11.4 Å². The van der Waals surface area contributed by atoms with Crippen molar-refractivity contribution in [3.63, 3.8) is 0 Å². The van der Waals surface area contributed by atoms with E-state index in [9.17, 15) is 14.7 Å². The smallest absolute Gasteiger partial charge is 0.300 e. The van der Waals surface area contributed by atoms with Gasteiger partial charge in [0.15, 0.2) is 0 Å². The molecule has 39 heavy (non-hydrogen) atoms. The van der Waals surface area contributed by atoms with Crippen LogP contribution in [0, 0.1) is 6.92 Å². The summed E-state index contributed by atoms with van der Waals surface area (Å²) in [6.07, 6.45) is 0.883. The predicted molar refractivity (Wildman–Crippen MR) is 158 cm³/mol. The number of aliphatic hydroxyl groups excluding tert-OH is 1. The predicted octanol–water partition coefficient (Wildman–Crippen LogP) is 6.77. The Morgan fingerprint density at radius 2 is 1.62 bits per heavy atom. The van der Waals surface area contributed by atoms with Gasteiger partial charge in [-0.2, -0.15) is 0 Å². The third-order valence-corrected chi connectivity index (χ3v) is 7.09. The van der Waals surface area contributed by atoms with Crippen molar-refractivity contribution in [2.75, 3.05) is 30.5 Å². The average molecular weight is 527 g/mol. The van der Waals surface area contributed by atoms with Crippen molar-refractivity contribution in [2.45, 2.75) is 52.5 Å². The van der Waals surface area contributed by atoms with Crippen LogP contribution in [0.5, 0.6) is 5.75 Å². The number of aryl methyl sites for hydroxylation is 1. The Kier molecular flexibility index (Phi) is 7.86. The number of carbonyl (C=O) groups is 2. The average Bonchev–Trinajstić information content (AvgIpc) is 3.17. The van der Waals surface area contributed by atoms with Crippen molar-refractivity contribution in [1.82, 2.24) is 0 Å². The third-order valence-electron chi connectivity index (χ3n) is 7.09. The fourth-order valence-corrected chi connectivity index (χ4v) is 4.82. The molecule has 3 aromatic rings. The van der Waals surface area contributed by atoms with E-state index in [0.29, 0.717) is 17.9 Å². The number of benzene rings is 3. The molecular weight excluding hydrogens is 488 g/mol. The lowest BCUT2D eigenvalue weighted by Gasteiger charge is -2.27. The summed E-state index contributed by atoms with van der Waals surface area (Å²) in [7, 11) is 3.90. The van der Waals surface area contributed by atoms with E-state index in [1.807, 2.05) is 81.4 Å². The van der Waals surface area contributed by atoms with Crippen LogP contribution in [-0.4, -0.2) is 37.5 Å². The van der Waals surface area contributed by atoms with Crippen molar-refractivity contribution in [3.05, 3.63) is 94.6 Å². The van der Waals surface area contributed by atoms with Crippen LogP contribution in [0.1, 0.15) is 62.4 Å². The van der Waals surface area contributed by atoms with Crippen molar-refractivity contribution in [3.8, 4) is 5.75 Å². The molecule has 0 aliphatic carbocycles. The van der Waals surface area contributed by atoms with Crippen LogP contribution in [0.2, 0.25) is 0 Å². The molecule has 1 fully saturated rings. The van der Waals surface area contributed by atoms with E-state index in [4.69, 9.17) is 4.74 Å². The van der Waals surface area contributed by atoms with Gasteiger partial charge in [0.2, 0.25) is 0 Å². The Hall–Kier alpha value is -4.06. The van der Waals surface area contributed by atoms with Crippen molar-refractivity contribution in [1.29, 1.82) is 0 Å². The lowest BCUT2D eigenvalue weighted by Crippen LogP contribution is -2.29. The number of amides is 1. The highest BCUT2D eigenvalue weighted by atomic mass is 16.5. The lowest BCUT2D eigenvalue weighted by atomic mass is 9.87. The van der Waals surface area contributed by atoms with Gasteiger partial charge in [0, 0.05) is 31.0 Å². The highest BCUT2D eigenvalue weighted by Crippen LogP contribution is 2.43. The van der Waals surface area contributed by atoms with Gasteiger partial charge in [-0.15, -0.1) is 0 Å². The summed E-state index contributed by atoms with van der Waals surface area (Å²) in [6, 6.07) is 19.9. The van der Waals surface area contributed by atoms with Gasteiger partial charge in [-0.3, -0.25) is 14.5 Å². The second kappa shape index (κ2) is 11.0. The summed E-state index contributed by atoms with van der Waals surface area (Å²) in [4.78, 5) is 30.6. The molecule has 0 aromatic heterocycles. The fourth-order valence-electron chi connectivity index (χ4n) is 4.82. The van der Waals surface area contributed by atoms with Gasteiger partial charge in [-0.25, -0.2) is 0 Å². The summed E-state index contributed by atoms with van der Waals surface area (Å²) >= 11 is 0. The minimum atomic E-state index is -0.780. The second-order valence-electron chi connectivity index (χ2n) is 11.3. The largest absolute Gasteiger partial charge is 0.507 e. The topological polar surface area (TPSA) is 70.1 Å². The van der Waals surface area contributed by atoms with E-state index in [0.717, 1.165) is 34.5 Å². The zero-order chi connectivity index (χ0) is 28.5. The molecule has 6 heteroatoms. The molecule has 0 saturated carbocycles. The van der Waals surface area contributed by atoms with Crippen LogP contribution in [0.25, 0.3) is 5.76 Å². The quantitative estimate of drug-likeness (QED) is 0.209. The normalized spacial score (nSPS) is 17.0. The minimum Gasteiger partial charge on any atom is -0.507 e. The first-order valence-corrected chi connectivity index (χ1v) is 13.4. The molecule has 1 saturated heterocycles. The molecule has 1 heterocycles. The monoisotopic (exact) mass is 526 g/mol. The van der Waals surface area contributed by atoms with E-state index < -0.39 is 17.7 Å². The second-order valence-corrected chi connectivity index (χ2v) is 11.3. The lowest BCUT2D eigenvalue weighted by molar-refractivity contribution is -0.132. The standard InChI is InChI=1S/C33H38N2O4/c1-8-19-39-27-18-11-23(20-21(27)2)30(36)28-29(22-9-14-25(15-10-22)34(6)7)35(32(38)31(28)37)26-16-12-24(13-17-26)33(3,4)5/h9-18,20,29,36H,8,19H2,1-7H3/b30-28-. The maximum atomic E-state index is 13.5. The van der Waals surface area contributed by atoms with Crippen molar-refractivity contribution in [2.24, 2.45) is 0 Å². The molecule has 0 radical (unpaired) electrons. The number of aliphatic hydroxyl groups is 1. The zero-order valence-corrected chi connectivity index (χ0v) is 23.9. The number of carbonyl (C=O) groups excluding carboxylic acids is 2. The van der Waals surface area contributed by atoms with E-state index in [1.54, 1.807) is 18.2 Å². The molecule has 3 aromatic carbocycles. The van der Waals surface area contributed by atoms with Gasteiger partial charge in [-0.05, 0) is 77.9 Å². The molecule has 1 unspecified atom stereocenters. The molecule has 4 rings (SSSR count). The number of hydrogen-bond acceptors (Lipinski definition) is 5. The van der Waals surface area contributed by atoms with Gasteiger partial charge >= 0.3 is 0 Å². The molecule has 1 aliphatic rings. The summed E-state index contributed by atoms with van der Waals surface area (Å²) in [5.74, 6) is -0.850. The van der Waals surface area contributed by atoms with E-state index in [-0.39, 0.29) is 16.7 Å². The van der Waals surface area contributed by atoms with E-state index in [2.05, 4.69) is 20.8 Å². The van der Waals surface area contributed by atoms with Gasteiger partial charge in [0.25, 0.3) is 11.7 Å². The first-order valence-electron chi connectivity index (χ1n) is 13.4. The highest BCUT2D eigenvalue weighted by molar-refractivity contribution is 6.51. The van der Waals surface area contributed by atoms with Crippen LogP contribution in [0.15, 0.2) is 72.3 Å². The Bertz CT molecular complexity index is 1400. The van der Waals surface area contributed by atoms with Crippen LogP contribution in [0.3, 0.4) is 0 Å². The molecule has 1 atom stereocenters. The third kappa shape index (κ3) is 5.56. The van der Waals surface area contributed by atoms with Gasteiger partial charge in [0.05, 0.1) is 18.2 Å². The molecule has 204 valence electrons. The molecule has 1 N–H and O–H groups in total. The summed E-state index contributed by atoms with van der Waals surface area (Å²) in [6.45, 7) is 10.9. The number of nitrogens with zero attached hydrogens (tertiary/aromatic N) is 2. The Balaban J connectivity index is 1.86. The summed E-state index contributed by atoms with van der Waals surface area (Å²) < 4.78 is 5.78. The molecular formula is C33H38N2O4. The minimum absolute atomic E-state index is 0.0566. The number of rotatable bonds is 7. The molecule has 0 spiro atoms. The Morgan fingerprint density at radius 1 is 0.974 bits per heavy atom. The number of ether oxygens (including phenoxy) is 1. The van der Waals surface area contributed by atoms with Gasteiger partial charge < -0.3 is 14.7 Å². The zero-order valence-electron chi connectivity index (χ0n) is 23.9.